The second-order valence-corrected chi connectivity index (χ2v) is 8.06. The van der Waals surface area contributed by atoms with Crippen molar-refractivity contribution in [1.82, 2.24) is 14.7 Å². The molecule has 0 aliphatic rings. The maximum atomic E-state index is 12.0. The fraction of sp³-hybridized carbons (Fsp3) is 0.214. The third kappa shape index (κ3) is 6.55. The molecule has 0 saturated carbocycles. The maximum absolute atomic E-state index is 12.0. The maximum Gasteiger partial charge on any atom is 0.411 e. The van der Waals surface area contributed by atoms with Crippen LogP contribution in [0.4, 0.5) is 10.7 Å². The average molecular weight is 432 g/mol. The number of rotatable bonds is 7. The Kier molecular flexibility index (Phi) is 6.25. The lowest BCUT2D eigenvalue weighted by molar-refractivity contribution is 0.255. The number of aryl methyl sites for hydroxylation is 1. The first kappa shape index (κ1) is 21.2. The van der Waals surface area contributed by atoms with Gasteiger partial charge in [-0.2, -0.15) is 21.8 Å². The van der Waals surface area contributed by atoms with Gasteiger partial charge in [-0.15, -0.1) is 0 Å². The van der Waals surface area contributed by atoms with Gasteiger partial charge in [-0.25, -0.2) is 14.5 Å². The van der Waals surface area contributed by atoms with Gasteiger partial charge in [0.15, 0.2) is 11.5 Å². The highest BCUT2D eigenvalue weighted by Crippen LogP contribution is 2.28. The van der Waals surface area contributed by atoms with Gasteiger partial charge in [0.1, 0.15) is 0 Å². The minimum atomic E-state index is -4.68. The molecule has 0 bridgehead atoms. The topological polar surface area (TPSA) is 163 Å². The number of carbonyl (C=O) groups is 1. The number of urea groups is 1. The molecular formula is C14H16N4O8S2. The summed E-state index contributed by atoms with van der Waals surface area (Å²) in [6.07, 6.45) is 0.778. The minimum absolute atomic E-state index is 0.161. The van der Waals surface area contributed by atoms with Gasteiger partial charge < -0.3 is 13.1 Å². The molecule has 0 spiro atoms. The molecule has 14 heteroatoms. The molecule has 2 N–H and O–H groups in total. The fourth-order valence-corrected chi connectivity index (χ4v) is 2.99. The molecule has 0 radical (unpaired) electrons. The number of aromatic nitrogens is 2. The van der Waals surface area contributed by atoms with Gasteiger partial charge in [0.2, 0.25) is 11.8 Å². The van der Waals surface area contributed by atoms with Crippen molar-refractivity contribution in [2.24, 2.45) is 0 Å². The van der Waals surface area contributed by atoms with Crippen LogP contribution >= 0.6 is 0 Å². The smallest absolute Gasteiger partial charge is 0.411 e. The molecule has 0 fully saturated rings. The molecule has 152 valence electrons. The zero-order chi connectivity index (χ0) is 20.9. The van der Waals surface area contributed by atoms with Gasteiger partial charge in [-0.1, -0.05) is 12.1 Å². The second kappa shape index (κ2) is 8.26. The summed E-state index contributed by atoms with van der Waals surface area (Å²) in [5.41, 5.74) is 0.466. The van der Waals surface area contributed by atoms with E-state index in [1.54, 1.807) is 11.6 Å². The average Bonchev–Trinajstić information content (AvgIpc) is 2.53. The zero-order valence-electron chi connectivity index (χ0n) is 14.9. The number of benzene rings is 1. The molecule has 0 saturated heterocycles. The van der Waals surface area contributed by atoms with Crippen LogP contribution in [-0.4, -0.2) is 46.2 Å². The minimum Gasteiger partial charge on any atom is -0.481 e. The summed E-state index contributed by atoms with van der Waals surface area (Å²) in [6, 6.07) is 5.40. The Morgan fingerprint density at radius 3 is 2.21 bits per heavy atom. The van der Waals surface area contributed by atoms with Gasteiger partial charge >= 0.3 is 26.5 Å². The van der Waals surface area contributed by atoms with Gasteiger partial charge in [0, 0.05) is 11.8 Å². The molecule has 1 aromatic heterocycles. The van der Waals surface area contributed by atoms with E-state index in [1.165, 1.54) is 31.4 Å². The number of para-hydroxylation sites is 2. The molecule has 2 amide bonds. The third-order valence-electron chi connectivity index (χ3n) is 2.77. The Morgan fingerprint density at radius 1 is 1.04 bits per heavy atom. The summed E-state index contributed by atoms with van der Waals surface area (Å²) < 4.78 is 62.4. The Bertz CT molecular complexity index is 1090. The molecular weight excluding hydrogens is 416 g/mol. The van der Waals surface area contributed by atoms with Gasteiger partial charge in [0.05, 0.1) is 13.4 Å². The molecule has 0 unspecified atom stereocenters. The zero-order valence-corrected chi connectivity index (χ0v) is 16.5. The monoisotopic (exact) mass is 432 g/mol. The van der Waals surface area contributed by atoms with E-state index in [-0.39, 0.29) is 17.6 Å². The van der Waals surface area contributed by atoms with Crippen LogP contribution in [0.3, 0.4) is 0 Å². The molecule has 1 aromatic carbocycles. The van der Waals surface area contributed by atoms with E-state index in [4.69, 9.17) is 8.92 Å². The van der Waals surface area contributed by atoms with Crippen molar-refractivity contribution in [2.75, 3.05) is 18.7 Å². The quantitative estimate of drug-likeness (QED) is 0.591. The van der Waals surface area contributed by atoms with Crippen LogP contribution in [-0.2, 0) is 20.4 Å². The lowest BCUT2D eigenvalue weighted by Crippen LogP contribution is -2.37. The van der Waals surface area contributed by atoms with E-state index in [9.17, 15) is 21.6 Å². The van der Waals surface area contributed by atoms with Crippen molar-refractivity contribution in [3.63, 3.8) is 0 Å². The van der Waals surface area contributed by atoms with Crippen LogP contribution in [0.25, 0.3) is 0 Å². The number of amides is 2. The van der Waals surface area contributed by atoms with E-state index < -0.39 is 32.2 Å². The molecule has 2 rings (SSSR count). The summed E-state index contributed by atoms with van der Waals surface area (Å²) in [6.45, 7) is 1.62. The molecule has 28 heavy (non-hydrogen) atoms. The number of nitrogens with zero attached hydrogens (tertiary/aromatic N) is 2. The van der Waals surface area contributed by atoms with E-state index >= 15 is 0 Å². The van der Waals surface area contributed by atoms with Crippen LogP contribution in [0.2, 0.25) is 0 Å². The first-order chi connectivity index (χ1) is 13.0. The largest absolute Gasteiger partial charge is 0.481 e. The number of carbonyl (C=O) groups excluding carboxylic acids is 1. The van der Waals surface area contributed by atoms with Crippen LogP contribution in [0.5, 0.6) is 17.4 Å². The van der Waals surface area contributed by atoms with E-state index in [1.807, 2.05) is 0 Å². The first-order valence-electron chi connectivity index (χ1n) is 7.39. The van der Waals surface area contributed by atoms with Crippen molar-refractivity contribution < 1.29 is 34.7 Å². The Balaban J connectivity index is 2.12. The number of hydrogen-bond acceptors (Lipinski definition) is 10. The summed E-state index contributed by atoms with van der Waals surface area (Å²) in [5.74, 6) is -0.858. The number of anilines is 1. The molecule has 0 atom stereocenters. The van der Waals surface area contributed by atoms with Crippen LogP contribution in [0, 0.1) is 6.92 Å². The molecule has 0 aliphatic carbocycles. The molecule has 12 nitrogen and oxygen atoms in total. The van der Waals surface area contributed by atoms with Gasteiger partial charge in [-0.3, -0.25) is 5.32 Å². The van der Waals surface area contributed by atoms with Gasteiger partial charge in [-0.05, 0) is 19.1 Å². The standard InChI is InChI=1S/C14H16N4O8S2/c1-9-8-12(24-2)16-13(15-9)17-14(19)18-28(22,23)26-11-7-5-4-6-10(11)25-27(3,20)21/h4-8H,1-3H3,(H2,15,16,17,18,19). The van der Waals surface area contributed by atoms with Crippen molar-refractivity contribution in [3.05, 3.63) is 36.0 Å². The lowest BCUT2D eigenvalue weighted by Gasteiger charge is -2.12. The van der Waals surface area contributed by atoms with E-state index in [0.29, 0.717) is 5.69 Å². The lowest BCUT2D eigenvalue weighted by atomic mass is 10.3. The highest BCUT2D eigenvalue weighted by molar-refractivity contribution is 7.86. The summed E-state index contributed by atoms with van der Waals surface area (Å²) in [4.78, 5) is 19.7. The molecule has 1 heterocycles. The summed E-state index contributed by atoms with van der Waals surface area (Å²) >= 11 is 0. The van der Waals surface area contributed by atoms with Crippen molar-refractivity contribution in [3.8, 4) is 17.4 Å². The Labute approximate surface area is 161 Å². The highest BCUT2D eigenvalue weighted by atomic mass is 32.2. The number of methoxy groups -OCH3 is 1. The van der Waals surface area contributed by atoms with E-state index in [2.05, 4.69) is 19.5 Å². The van der Waals surface area contributed by atoms with Crippen molar-refractivity contribution in [1.29, 1.82) is 0 Å². The predicted octanol–water partition coefficient (Wildman–Crippen LogP) is 0.577. The highest BCUT2D eigenvalue weighted by Gasteiger charge is 2.21. The summed E-state index contributed by atoms with van der Waals surface area (Å²) in [5, 5.41) is 2.11. The number of hydrogen-bond donors (Lipinski definition) is 2. The predicted molar refractivity (Wildman–Crippen MR) is 96.9 cm³/mol. The fourth-order valence-electron chi connectivity index (χ4n) is 1.83. The Morgan fingerprint density at radius 2 is 1.64 bits per heavy atom. The van der Waals surface area contributed by atoms with Crippen molar-refractivity contribution in [2.45, 2.75) is 6.92 Å². The van der Waals surface area contributed by atoms with E-state index in [0.717, 1.165) is 12.3 Å². The van der Waals surface area contributed by atoms with Crippen LogP contribution in [0.15, 0.2) is 30.3 Å². The van der Waals surface area contributed by atoms with Crippen molar-refractivity contribution >= 4 is 32.4 Å². The normalized spacial score (nSPS) is 11.4. The number of ether oxygens (including phenoxy) is 1. The third-order valence-corrected chi connectivity index (χ3v) is 4.09. The SMILES string of the molecule is COc1cc(C)nc(NC(=O)NS(=O)(=O)Oc2ccccc2OS(C)(=O)=O)n1. The first-order valence-corrected chi connectivity index (χ1v) is 10.6. The molecule has 2 aromatic rings. The van der Waals surface area contributed by atoms with Crippen LogP contribution in [0.1, 0.15) is 5.69 Å². The van der Waals surface area contributed by atoms with Crippen LogP contribution < -0.4 is 23.1 Å². The summed E-state index contributed by atoms with van der Waals surface area (Å²) in [7, 11) is -7.25. The second-order valence-electron chi connectivity index (χ2n) is 5.20. The molecule has 0 aliphatic heterocycles. The van der Waals surface area contributed by atoms with Gasteiger partial charge in [0.25, 0.3) is 0 Å². The number of nitrogens with one attached hydrogen (secondary N) is 2. The Hall–Kier alpha value is -3.13.